The molecule has 0 radical (unpaired) electrons. The Labute approximate surface area is 304 Å². The molecule has 4 saturated carbocycles. The number of hydrogen-bond acceptors (Lipinski definition) is 0. The molecule has 2 aromatic rings. The summed E-state index contributed by atoms with van der Waals surface area (Å²) in [5.74, 6) is 7.97. The van der Waals surface area contributed by atoms with Crippen molar-refractivity contribution in [3.8, 4) is 0 Å². The molecule has 6 rings (SSSR count). The van der Waals surface area contributed by atoms with Gasteiger partial charge in [0.2, 0.25) is 0 Å². The first-order valence-corrected chi connectivity index (χ1v) is 20.8. The zero-order valence-corrected chi connectivity index (χ0v) is 34.5. The fraction of sp³-hybridized carbons (Fsp3) is 0.755. The van der Waals surface area contributed by atoms with Crippen molar-refractivity contribution in [2.45, 2.75) is 171 Å². The first-order chi connectivity index (χ1) is 22.6. The molecule has 0 saturated heterocycles. The van der Waals surface area contributed by atoms with Crippen LogP contribution in [0.15, 0.2) is 48.5 Å². The lowest BCUT2D eigenvalue weighted by molar-refractivity contribution is 0.00388. The molecule has 0 heterocycles. The van der Waals surface area contributed by atoms with Crippen LogP contribution in [0.3, 0.4) is 0 Å². The van der Waals surface area contributed by atoms with Crippen LogP contribution in [0.2, 0.25) is 0 Å². The molecule has 4 aliphatic carbocycles. The van der Waals surface area contributed by atoms with Gasteiger partial charge in [0.05, 0.1) is 0 Å². The molecule has 0 heteroatoms. The molecule has 0 nitrogen and oxygen atoms in total. The molecule has 0 aliphatic heterocycles. The Morgan fingerprint density at radius 1 is 0.429 bits per heavy atom. The van der Waals surface area contributed by atoms with Gasteiger partial charge in [-0.25, -0.2) is 0 Å². The Morgan fingerprint density at radius 2 is 0.776 bits per heavy atom. The van der Waals surface area contributed by atoms with Crippen LogP contribution in [0.4, 0.5) is 0 Å². The van der Waals surface area contributed by atoms with E-state index in [0.29, 0.717) is 28.1 Å². The topological polar surface area (TPSA) is 0 Å². The fourth-order valence-corrected chi connectivity index (χ4v) is 12.8. The van der Waals surface area contributed by atoms with E-state index in [0.717, 1.165) is 47.3 Å². The van der Waals surface area contributed by atoms with Crippen LogP contribution in [0, 0.1) is 63.6 Å². The third kappa shape index (κ3) is 7.13. The first kappa shape index (κ1) is 37.2. The van der Waals surface area contributed by atoms with Gasteiger partial charge in [0.1, 0.15) is 0 Å². The van der Waals surface area contributed by atoms with Crippen molar-refractivity contribution in [3.05, 3.63) is 70.8 Å². The van der Waals surface area contributed by atoms with Gasteiger partial charge in [-0.2, -0.15) is 0 Å². The van der Waals surface area contributed by atoms with Crippen LogP contribution in [0.5, 0.6) is 0 Å². The van der Waals surface area contributed by atoms with Gasteiger partial charge in [-0.3, -0.25) is 0 Å². The van der Waals surface area contributed by atoms with Crippen molar-refractivity contribution in [1.82, 2.24) is 0 Å². The SMILES string of the molecule is CC(C)(C)c1ccc(C2CC3C(CC2C(C)(C)C)C2CC(C(C)(C)C)C(c4ccc(C(C)(C)C)cc4)CC2C3C(C)(C)C2CCCC2)cc1. The van der Waals surface area contributed by atoms with Crippen molar-refractivity contribution < 1.29 is 0 Å². The average Bonchev–Trinajstić information content (AvgIpc) is 3.65. The third-order valence-corrected chi connectivity index (χ3v) is 15.5. The monoisotopic (exact) mass is 665 g/mol. The van der Waals surface area contributed by atoms with Crippen molar-refractivity contribution >= 4 is 0 Å². The molecule has 2 aromatic carbocycles. The second-order valence-corrected chi connectivity index (χ2v) is 22.8. The Hall–Kier alpha value is -1.56. The van der Waals surface area contributed by atoms with Crippen LogP contribution >= 0.6 is 0 Å². The molecular weight excluding hydrogens is 589 g/mol. The highest BCUT2D eigenvalue weighted by atomic mass is 14.7. The third-order valence-electron chi connectivity index (χ3n) is 15.5. The minimum atomic E-state index is 0.199. The molecule has 49 heavy (non-hydrogen) atoms. The zero-order chi connectivity index (χ0) is 35.9. The molecule has 0 N–H and O–H groups in total. The van der Waals surface area contributed by atoms with Crippen molar-refractivity contribution in [3.63, 3.8) is 0 Å². The minimum Gasteiger partial charge on any atom is -0.0599 e. The maximum atomic E-state index is 2.76. The highest BCUT2D eigenvalue weighted by Crippen LogP contribution is 2.70. The Bertz CT molecular complexity index is 1300. The summed E-state index contributed by atoms with van der Waals surface area (Å²) in [6.45, 7) is 35.1. The molecule has 4 fully saturated rings. The predicted molar refractivity (Wildman–Crippen MR) is 213 cm³/mol. The molecule has 0 aromatic heterocycles. The second kappa shape index (κ2) is 12.8. The van der Waals surface area contributed by atoms with E-state index in [2.05, 4.69) is 145 Å². The zero-order valence-electron chi connectivity index (χ0n) is 34.5. The highest BCUT2D eigenvalue weighted by molar-refractivity contribution is 5.33. The van der Waals surface area contributed by atoms with E-state index in [-0.39, 0.29) is 10.8 Å². The minimum absolute atomic E-state index is 0.199. The van der Waals surface area contributed by atoms with Gasteiger partial charge in [0.15, 0.2) is 0 Å². The summed E-state index contributed by atoms with van der Waals surface area (Å²) in [7, 11) is 0. The van der Waals surface area contributed by atoms with Crippen LogP contribution in [0.1, 0.15) is 182 Å². The lowest BCUT2D eigenvalue weighted by atomic mass is 9.54. The van der Waals surface area contributed by atoms with E-state index in [1.165, 1.54) is 62.5 Å². The Balaban J connectivity index is 1.43. The Kier molecular flexibility index (Phi) is 9.74. The number of rotatable bonds is 4. The van der Waals surface area contributed by atoms with E-state index in [9.17, 15) is 0 Å². The van der Waals surface area contributed by atoms with E-state index in [1.807, 2.05) is 0 Å². The second-order valence-electron chi connectivity index (χ2n) is 22.8. The van der Waals surface area contributed by atoms with Gasteiger partial charge in [-0.15, -0.1) is 0 Å². The van der Waals surface area contributed by atoms with Crippen LogP contribution in [-0.2, 0) is 10.8 Å². The lowest BCUT2D eigenvalue weighted by Gasteiger charge is -2.50. The van der Waals surface area contributed by atoms with Gasteiger partial charge in [0, 0.05) is 0 Å². The number of hydrogen-bond donors (Lipinski definition) is 0. The normalized spacial score (nSPS) is 33.4. The van der Waals surface area contributed by atoms with Gasteiger partial charge in [0.25, 0.3) is 0 Å². The molecular formula is C49H76. The van der Waals surface area contributed by atoms with Gasteiger partial charge >= 0.3 is 0 Å². The summed E-state index contributed by atoms with van der Waals surface area (Å²) in [5.41, 5.74) is 7.62. The van der Waals surface area contributed by atoms with Crippen molar-refractivity contribution in [2.75, 3.05) is 0 Å². The van der Waals surface area contributed by atoms with E-state index in [1.54, 1.807) is 11.1 Å². The van der Waals surface area contributed by atoms with E-state index >= 15 is 0 Å². The number of fused-ring (bicyclic) bond motifs is 3. The summed E-state index contributed by atoms with van der Waals surface area (Å²) in [6.07, 6.45) is 11.5. The average molecular weight is 665 g/mol. The number of benzene rings is 2. The summed E-state index contributed by atoms with van der Waals surface area (Å²) >= 11 is 0. The van der Waals surface area contributed by atoms with E-state index in [4.69, 9.17) is 0 Å². The van der Waals surface area contributed by atoms with Crippen LogP contribution in [0.25, 0.3) is 0 Å². The summed E-state index contributed by atoms with van der Waals surface area (Å²) in [5, 5.41) is 0. The van der Waals surface area contributed by atoms with Gasteiger partial charge < -0.3 is 0 Å². The lowest BCUT2D eigenvalue weighted by Crippen LogP contribution is -2.43. The summed E-state index contributed by atoms with van der Waals surface area (Å²) < 4.78 is 0. The predicted octanol–water partition coefficient (Wildman–Crippen LogP) is 14.4. The first-order valence-electron chi connectivity index (χ1n) is 20.8. The van der Waals surface area contributed by atoms with Crippen LogP contribution < -0.4 is 0 Å². The smallest absolute Gasteiger partial charge is 0.0126 e. The van der Waals surface area contributed by atoms with Crippen molar-refractivity contribution in [1.29, 1.82) is 0 Å². The fourth-order valence-electron chi connectivity index (χ4n) is 12.8. The summed E-state index contributed by atoms with van der Waals surface area (Å²) in [6, 6.07) is 20.1. The largest absolute Gasteiger partial charge is 0.0599 e. The highest BCUT2D eigenvalue weighted by Gasteiger charge is 2.62. The van der Waals surface area contributed by atoms with Gasteiger partial charge in [-0.05, 0) is 147 Å². The maximum Gasteiger partial charge on any atom is -0.0126 e. The van der Waals surface area contributed by atoms with Crippen molar-refractivity contribution in [2.24, 2.45) is 63.6 Å². The maximum absolute atomic E-state index is 2.76. The molecule has 8 unspecified atom stereocenters. The van der Waals surface area contributed by atoms with E-state index < -0.39 is 0 Å². The standard InChI is InChI=1S/C49H76/c1-45(2,3)33-23-19-31(20-24-33)36-27-40-38(29-42(36)47(7,8)9)39-30-43(48(10,11)12)37(32-21-25-34(26-22-32)46(4,5)6)28-41(39)44(40)49(13,14)35-17-15-16-18-35/h19-26,35-44H,15-18,27-30H2,1-14H3. The molecule has 8 atom stereocenters. The molecule has 272 valence electrons. The Morgan fingerprint density at radius 3 is 1.08 bits per heavy atom. The van der Waals surface area contributed by atoms with Gasteiger partial charge in [-0.1, -0.05) is 158 Å². The molecule has 0 bridgehead atoms. The summed E-state index contributed by atoms with van der Waals surface area (Å²) in [4.78, 5) is 0. The van der Waals surface area contributed by atoms with Crippen LogP contribution in [-0.4, -0.2) is 0 Å². The molecule has 0 amide bonds. The molecule has 4 aliphatic rings. The molecule has 0 spiro atoms. The quantitative estimate of drug-likeness (QED) is 0.305.